The molecule has 1 amide bonds. The number of nitrogens with zero attached hydrogens (tertiary/aromatic N) is 2. The lowest BCUT2D eigenvalue weighted by atomic mass is 9.99. The molecule has 1 aromatic carbocycles. The fraction of sp³-hybridized carbons (Fsp3) is 0.333. The highest BCUT2D eigenvalue weighted by atomic mass is 19.4. The highest BCUT2D eigenvalue weighted by molar-refractivity contribution is 5.93. The number of nitrogens with one attached hydrogen (secondary N) is 1. The average Bonchev–Trinajstić information content (AvgIpc) is 3.22. The molecule has 3 N–H and O–H groups in total. The second-order valence-electron chi connectivity index (χ2n) is 7.15. The van der Waals surface area contributed by atoms with Crippen LogP contribution >= 0.6 is 0 Å². The predicted octanol–water partition coefficient (Wildman–Crippen LogP) is 3.62. The van der Waals surface area contributed by atoms with Crippen LogP contribution in [-0.2, 0) is 19.6 Å². The number of nitrogens with two attached hydrogens (primary N) is 1. The molecular formula is C21H23F3N4O2. The first-order chi connectivity index (χ1) is 14.1. The highest BCUT2D eigenvalue weighted by Gasteiger charge is 2.33. The first kappa shape index (κ1) is 21.6. The van der Waals surface area contributed by atoms with Crippen LogP contribution in [0.5, 0.6) is 0 Å². The molecule has 0 aliphatic heterocycles. The molecule has 30 heavy (non-hydrogen) atoms. The second kappa shape index (κ2) is 8.35. The molecule has 2 heterocycles. The lowest BCUT2D eigenvalue weighted by Crippen LogP contribution is -2.42. The van der Waals surface area contributed by atoms with Crippen LogP contribution in [0.2, 0.25) is 0 Å². The van der Waals surface area contributed by atoms with Crippen LogP contribution in [0, 0.1) is 13.8 Å². The summed E-state index contributed by atoms with van der Waals surface area (Å²) < 4.78 is 47.0. The summed E-state index contributed by atoms with van der Waals surface area (Å²) in [5.74, 6) is 0.0633. The molecule has 0 aliphatic rings. The number of aromatic nitrogens is 2. The van der Waals surface area contributed by atoms with Gasteiger partial charge >= 0.3 is 6.18 Å². The summed E-state index contributed by atoms with van der Waals surface area (Å²) in [7, 11) is 1.79. The van der Waals surface area contributed by atoms with Gasteiger partial charge in [0.05, 0.1) is 17.5 Å². The zero-order valence-electron chi connectivity index (χ0n) is 16.9. The monoisotopic (exact) mass is 420 g/mol. The van der Waals surface area contributed by atoms with E-state index in [0.29, 0.717) is 5.76 Å². The first-order valence-corrected chi connectivity index (χ1v) is 9.37. The summed E-state index contributed by atoms with van der Waals surface area (Å²) in [6.07, 6.45) is -2.82. The third kappa shape index (κ3) is 4.40. The third-order valence-electron chi connectivity index (χ3n) is 4.93. The first-order valence-electron chi connectivity index (χ1n) is 9.37. The standard InChI is InChI=1S/C21H23F3N4O2/c1-12-11-26-28(3)19(12)16-9-18(30-13(16)2)20(29)27-15(10-25)8-14-6-4-5-7-17(14)21(22,23)24/h4-7,9,11,15H,8,10,25H2,1-3H3,(H,27,29). The van der Waals surface area contributed by atoms with Gasteiger partial charge in [-0.2, -0.15) is 18.3 Å². The Hall–Kier alpha value is -3.07. The van der Waals surface area contributed by atoms with Gasteiger partial charge in [-0.25, -0.2) is 0 Å². The Balaban J connectivity index is 1.80. The number of rotatable bonds is 6. The maximum absolute atomic E-state index is 13.2. The molecule has 1 atom stereocenters. The number of carbonyl (C=O) groups excluding carboxylic acids is 1. The maximum Gasteiger partial charge on any atom is 0.416 e. The van der Waals surface area contributed by atoms with Crippen LogP contribution in [0.4, 0.5) is 13.2 Å². The molecule has 0 spiro atoms. The van der Waals surface area contributed by atoms with Crippen LogP contribution in [0.15, 0.2) is 40.9 Å². The van der Waals surface area contributed by atoms with Gasteiger partial charge in [0.2, 0.25) is 0 Å². The lowest BCUT2D eigenvalue weighted by Gasteiger charge is -2.19. The summed E-state index contributed by atoms with van der Waals surface area (Å²) in [4.78, 5) is 12.7. The van der Waals surface area contributed by atoms with E-state index in [1.165, 1.54) is 18.2 Å². The number of amides is 1. The van der Waals surface area contributed by atoms with E-state index in [1.54, 1.807) is 30.9 Å². The normalized spacial score (nSPS) is 12.8. The quantitative estimate of drug-likeness (QED) is 0.638. The van der Waals surface area contributed by atoms with Gasteiger partial charge in [-0.15, -0.1) is 0 Å². The van der Waals surface area contributed by atoms with Crippen molar-refractivity contribution in [1.82, 2.24) is 15.1 Å². The SMILES string of the molecule is Cc1cnn(C)c1-c1cc(C(=O)NC(CN)Cc2ccccc2C(F)(F)F)oc1C. The molecule has 1 unspecified atom stereocenters. The molecule has 0 bridgehead atoms. The van der Waals surface area contributed by atoms with Gasteiger partial charge in [-0.3, -0.25) is 9.48 Å². The number of benzene rings is 1. The lowest BCUT2D eigenvalue weighted by molar-refractivity contribution is -0.138. The second-order valence-corrected chi connectivity index (χ2v) is 7.15. The van der Waals surface area contributed by atoms with E-state index < -0.39 is 23.7 Å². The van der Waals surface area contributed by atoms with Crippen molar-refractivity contribution in [2.45, 2.75) is 32.5 Å². The summed E-state index contributed by atoms with van der Waals surface area (Å²) in [5.41, 5.74) is 7.53. The average molecular weight is 420 g/mol. The number of aryl methyl sites for hydroxylation is 3. The minimum atomic E-state index is -4.48. The van der Waals surface area contributed by atoms with E-state index >= 15 is 0 Å². The van der Waals surface area contributed by atoms with Crippen molar-refractivity contribution in [3.05, 3.63) is 64.7 Å². The Morgan fingerprint density at radius 2 is 2.00 bits per heavy atom. The van der Waals surface area contributed by atoms with E-state index in [-0.39, 0.29) is 24.3 Å². The van der Waals surface area contributed by atoms with E-state index in [1.807, 2.05) is 6.92 Å². The summed E-state index contributed by atoms with van der Waals surface area (Å²) in [5, 5.41) is 6.87. The molecule has 6 nitrogen and oxygen atoms in total. The summed E-state index contributed by atoms with van der Waals surface area (Å²) >= 11 is 0. The number of carbonyl (C=O) groups is 1. The number of hydrogen-bond donors (Lipinski definition) is 2. The van der Waals surface area contributed by atoms with Crippen molar-refractivity contribution in [2.75, 3.05) is 6.54 Å². The summed E-state index contributed by atoms with van der Waals surface area (Å²) in [6, 6.07) is 6.18. The molecule has 160 valence electrons. The molecule has 3 rings (SSSR count). The molecule has 9 heteroatoms. The number of furan rings is 1. The van der Waals surface area contributed by atoms with Crippen LogP contribution in [0.25, 0.3) is 11.3 Å². The van der Waals surface area contributed by atoms with Crippen molar-refractivity contribution in [1.29, 1.82) is 0 Å². The predicted molar refractivity (Wildman–Crippen MR) is 106 cm³/mol. The van der Waals surface area contributed by atoms with Crippen molar-refractivity contribution in [3.63, 3.8) is 0 Å². The van der Waals surface area contributed by atoms with Gasteiger partial charge in [0.25, 0.3) is 5.91 Å². The van der Waals surface area contributed by atoms with Crippen LogP contribution in [-0.4, -0.2) is 28.3 Å². The van der Waals surface area contributed by atoms with Gasteiger partial charge in [0, 0.05) is 25.2 Å². The molecule has 0 radical (unpaired) electrons. The number of hydrogen-bond acceptors (Lipinski definition) is 4. The van der Waals surface area contributed by atoms with E-state index in [2.05, 4.69) is 10.4 Å². The number of alkyl halides is 3. The zero-order chi connectivity index (χ0) is 22.1. The van der Waals surface area contributed by atoms with E-state index in [4.69, 9.17) is 10.2 Å². The van der Waals surface area contributed by atoms with Crippen LogP contribution in [0.1, 0.15) is 33.0 Å². The minimum absolute atomic E-state index is 0.0225. The molecule has 0 fully saturated rings. The Bertz CT molecular complexity index is 1030. The van der Waals surface area contributed by atoms with E-state index in [9.17, 15) is 18.0 Å². The third-order valence-corrected chi connectivity index (χ3v) is 4.93. The van der Waals surface area contributed by atoms with Gasteiger partial charge in [0.1, 0.15) is 5.76 Å². The zero-order valence-corrected chi connectivity index (χ0v) is 16.9. The van der Waals surface area contributed by atoms with Crippen molar-refractivity contribution in [3.8, 4) is 11.3 Å². The summed E-state index contributed by atoms with van der Waals surface area (Å²) in [6.45, 7) is 3.61. The van der Waals surface area contributed by atoms with E-state index in [0.717, 1.165) is 22.9 Å². The van der Waals surface area contributed by atoms with Crippen LogP contribution in [0.3, 0.4) is 0 Å². The fourth-order valence-electron chi connectivity index (χ4n) is 3.45. The molecule has 0 saturated heterocycles. The van der Waals surface area contributed by atoms with Gasteiger partial charge in [-0.05, 0) is 43.5 Å². The number of halogens is 3. The largest absolute Gasteiger partial charge is 0.455 e. The van der Waals surface area contributed by atoms with Gasteiger partial charge < -0.3 is 15.5 Å². The van der Waals surface area contributed by atoms with Crippen molar-refractivity contribution < 1.29 is 22.4 Å². The topological polar surface area (TPSA) is 86.1 Å². The van der Waals surface area contributed by atoms with Gasteiger partial charge in [-0.1, -0.05) is 18.2 Å². The molecule has 2 aromatic heterocycles. The fourth-order valence-corrected chi connectivity index (χ4v) is 3.45. The van der Waals surface area contributed by atoms with Crippen molar-refractivity contribution >= 4 is 5.91 Å². The molecule has 0 saturated carbocycles. The Kier molecular flexibility index (Phi) is 6.02. The molecule has 0 aliphatic carbocycles. The van der Waals surface area contributed by atoms with Crippen LogP contribution < -0.4 is 11.1 Å². The van der Waals surface area contributed by atoms with Gasteiger partial charge in [0.15, 0.2) is 5.76 Å². The minimum Gasteiger partial charge on any atom is -0.455 e. The van der Waals surface area contributed by atoms with Crippen molar-refractivity contribution in [2.24, 2.45) is 12.8 Å². The highest BCUT2D eigenvalue weighted by Crippen LogP contribution is 2.32. The Labute approximate surface area is 171 Å². The molecular weight excluding hydrogens is 397 g/mol. The Morgan fingerprint density at radius 1 is 1.30 bits per heavy atom. The smallest absolute Gasteiger partial charge is 0.416 e. The maximum atomic E-state index is 13.2. The molecule has 3 aromatic rings. The Morgan fingerprint density at radius 3 is 2.60 bits per heavy atom.